The van der Waals surface area contributed by atoms with Gasteiger partial charge in [0, 0.05) is 41.6 Å². The van der Waals surface area contributed by atoms with Crippen LogP contribution < -0.4 is 10.6 Å². The van der Waals surface area contributed by atoms with E-state index in [4.69, 9.17) is 10.00 Å². The predicted octanol–water partition coefficient (Wildman–Crippen LogP) is 4.96. The normalized spacial score (nSPS) is 22.0. The standard InChI is InChI=1S/C28H22F3N5O3S/c1-28(30,31)24-19-14-40-27(36-25(37)16-5-3-2-4-6-16)35-22(19)23(39-24)18-11-17(8-9-20(18)29)34-26(38)21-10-7-15(12-32)13-33-21/h2-11,13,19,22-24H,14H2,1H3,(H,34,38)(H,35,36,37)/t19-,22?,23-,24-/m0/s1. The van der Waals surface area contributed by atoms with Gasteiger partial charge in [0.25, 0.3) is 17.7 Å². The highest BCUT2D eigenvalue weighted by molar-refractivity contribution is 8.13. The van der Waals surface area contributed by atoms with E-state index < -0.39 is 47.7 Å². The second kappa shape index (κ2) is 11.1. The van der Waals surface area contributed by atoms with Crippen molar-refractivity contribution in [2.75, 3.05) is 11.1 Å². The summed E-state index contributed by atoms with van der Waals surface area (Å²) in [4.78, 5) is 33.8. The van der Waals surface area contributed by atoms with Crippen molar-refractivity contribution < 1.29 is 27.5 Å². The smallest absolute Gasteiger partial charge is 0.274 e. The number of hydrogen-bond donors (Lipinski definition) is 2. The molecule has 8 nitrogen and oxygen atoms in total. The number of aliphatic imine (C=N–C) groups is 1. The van der Waals surface area contributed by atoms with Crippen LogP contribution in [-0.2, 0) is 4.74 Å². The van der Waals surface area contributed by atoms with E-state index in [0.717, 1.165) is 24.8 Å². The number of nitrogens with zero attached hydrogens (tertiary/aromatic N) is 3. The van der Waals surface area contributed by atoms with Crippen molar-refractivity contribution in [3.63, 3.8) is 0 Å². The number of nitrogens with one attached hydrogen (secondary N) is 2. The van der Waals surface area contributed by atoms with Gasteiger partial charge < -0.3 is 15.4 Å². The van der Waals surface area contributed by atoms with Gasteiger partial charge in [0.05, 0.1) is 11.6 Å². The fourth-order valence-corrected chi connectivity index (χ4v) is 5.73. The number of rotatable bonds is 5. The van der Waals surface area contributed by atoms with E-state index >= 15 is 4.39 Å². The van der Waals surface area contributed by atoms with Crippen molar-refractivity contribution in [2.45, 2.75) is 31.1 Å². The number of nitriles is 1. The first kappa shape index (κ1) is 27.4. The molecule has 2 aliphatic heterocycles. The van der Waals surface area contributed by atoms with E-state index in [1.807, 2.05) is 6.07 Å². The molecule has 2 amide bonds. The van der Waals surface area contributed by atoms with E-state index in [0.29, 0.717) is 5.56 Å². The maximum absolute atomic E-state index is 15.1. The Kier molecular flexibility index (Phi) is 7.60. The third kappa shape index (κ3) is 5.71. The number of aromatic nitrogens is 1. The minimum absolute atomic E-state index is 0.0282. The molecule has 2 aromatic carbocycles. The minimum Gasteiger partial charge on any atom is -0.361 e. The number of halogens is 3. The number of amidine groups is 1. The number of thioether (sulfide) groups is 1. The third-order valence-electron chi connectivity index (χ3n) is 6.55. The van der Waals surface area contributed by atoms with E-state index in [9.17, 15) is 18.4 Å². The molecule has 3 heterocycles. The summed E-state index contributed by atoms with van der Waals surface area (Å²) >= 11 is 1.12. The maximum Gasteiger partial charge on any atom is 0.274 e. The van der Waals surface area contributed by atoms with E-state index in [-0.39, 0.29) is 33.4 Å². The van der Waals surface area contributed by atoms with Gasteiger partial charge in [0.15, 0.2) is 5.17 Å². The fourth-order valence-electron chi connectivity index (χ4n) is 4.65. The molecule has 12 heteroatoms. The molecule has 0 bridgehead atoms. The van der Waals surface area contributed by atoms with Crippen molar-refractivity contribution in [1.29, 1.82) is 5.26 Å². The molecule has 1 unspecified atom stereocenters. The maximum atomic E-state index is 15.1. The molecule has 0 spiro atoms. The van der Waals surface area contributed by atoms with Crippen molar-refractivity contribution >= 4 is 34.4 Å². The van der Waals surface area contributed by atoms with Gasteiger partial charge in [-0.3, -0.25) is 14.6 Å². The molecule has 0 radical (unpaired) electrons. The molecule has 204 valence electrons. The Hall–Kier alpha value is -4.21. The Labute approximate surface area is 231 Å². The molecular weight excluding hydrogens is 543 g/mol. The molecular formula is C28H22F3N5O3S. The quantitative estimate of drug-likeness (QED) is 0.452. The van der Waals surface area contributed by atoms with Gasteiger partial charge in [-0.1, -0.05) is 30.0 Å². The Balaban J connectivity index is 1.42. The number of benzene rings is 2. The lowest BCUT2D eigenvalue weighted by Crippen LogP contribution is -2.42. The molecule has 1 saturated heterocycles. The van der Waals surface area contributed by atoms with Crippen LogP contribution >= 0.6 is 11.8 Å². The van der Waals surface area contributed by atoms with Crippen LogP contribution in [0.3, 0.4) is 0 Å². The summed E-state index contributed by atoms with van der Waals surface area (Å²) in [5.41, 5.74) is 0.834. The Bertz CT molecular complexity index is 1510. The first-order valence-electron chi connectivity index (χ1n) is 12.2. The summed E-state index contributed by atoms with van der Waals surface area (Å²) in [7, 11) is 0. The minimum atomic E-state index is -3.23. The van der Waals surface area contributed by atoms with Gasteiger partial charge in [-0.05, 0) is 42.5 Å². The highest BCUT2D eigenvalue weighted by Gasteiger charge is 2.55. The van der Waals surface area contributed by atoms with E-state index in [1.54, 1.807) is 30.3 Å². The van der Waals surface area contributed by atoms with Gasteiger partial charge in [0.2, 0.25) is 0 Å². The van der Waals surface area contributed by atoms with Gasteiger partial charge in [0.1, 0.15) is 29.8 Å². The van der Waals surface area contributed by atoms with Crippen LogP contribution in [-0.4, -0.2) is 45.8 Å². The van der Waals surface area contributed by atoms with E-state index in [1.165, 1.54) is 30.5 Å². The molecule has 0 saturated carbocycles. The van der Waals surface area contributed by atoms with Gasteiger partial charge in [-0.15, -0.1) is 0 Å². The summed E-state index contributed by atoms with van der Waals surface area (Å²) in [5, 5.41) is 14.4. The van der Waals surface area contributed by atoms with Crippen LogP contribution in [0.4, 0.5) is 18.9 Å². The average Bonchev–Trinajstić information content (AvgIpc) is 3.34. The first-order valence-corrected chi connectivity index (χ1v) is 13.2. The molecule has 4 atom stereocenters. The second-order valence-electron chi connectivity index (χ2n) is 9.39. The van der Waals surface area contributed by atoms with Gasteiger partial charge in [-0.2, -0.15) is 5.26 Å². The van der Waals surface area contributed by atoms with Crippen molar-refractivity contribution in [2.24, 2.45) is 10.9 Å². The van der Waals surface area contributed by atoms with Crippen molar-refractivity contribution in [3.8, 4) is 6.07 Å². The SMILES string of the molecule is CC(F)(F)[C@H]1O[C@@H](c2cc(NC(=O)c3ccc(C#N)cn3)ccc2F)C2N=C(NC(=O)c3ccccc3)SC[C@@H]21. The fraction of sp³-hybridized carbons (Fsp3) is 0.250. The third-order valence-corrected chi connectivity index (χ3v) is 7.58. The lowest BCUT2D eigenvalue weighted by atomic mass is 9.90. The summed E-state index contributed by atoms with van der Waals surface area (Å²) in [6, 6.07) is 16.0. The highest BCUT2D eigenvalue weighted by Crippen LogP contribution is 2.48. The van der Waals surface area contributed by atoms with Gasteiger partial charge in [-0.25, -0.2) is 18.2 Å². The zero-order valence-corrected chi connectivity index (χ0v) is 21.8. The number of alkyl halides is 2. The Morgan fingerprint density at radius 3 is 2.55 bits per heavy atom. The van der Waals surface area contributed by atoms with E-state index in [2.05, 4.69) is 20.6 Å². The van der Waals surface area contributed by atoms with Crippen LogP contribution in [0.25, 0.3) is 0 Å². The number of pyridine rings is 1. The monoisotopic (exact) mass is 565 g/mol. The topological polar surface area (TPSA) is 116 Å². The highest BCUT2D eigenvalue weighted by atomic mass is 32.2. The Morgan fingerprint density at radius 1 is 1.10 bits per heavy atom. The van der Waals surface area contributed by atoms with Gasteiger partial charge >= 0.3 is 0 Å². The summed E-state index contributed by atoms with van der Waals surface area (Å²) < 4.78 is 50.1. The number of hydrogen-bond acceptors (Lipinski definition) is 7. The zero-order chi connectivity index (χ0) is 28.4. The largest absolute Gasteiger partial charge is 0.361 e. The number of carbonyl (C=O) groups excluding carboxylic acids is 2. The van der Waals surface area contributed by atoms with Crippen molar-refractivity contribution in [1.82, 2.24) is 10.3 Å². The number of ether oxygens (including phenoxy) is 1. The average molecular weight is 566 g/mol. The number of anilines is 1. The lowest BCUT2D eigenvalue weighted by molar-refractivity contribution is -0.130. The Morgan fingerprint density at radius 2 is 1.88 bits per heavy atom. The predicted molar refractivity (Wildman–Crippen MR) is 143 cm³/mol. The molecule has 1 fully saturated rings. The molecule has 5 rings (SSSR count). The molecule has 3 aromatic rings. The van der Waals surface area contributed by atoms with Crippen LogP contribution in [0.15, 0.2) is 71.9 Å². The van der Waals surface area contributed by atoms with Crippen LogP contribution in [0.5, 0.6) is 0 Å². The number of amides is 2. The first-order chi connectivity index (χ1) is 19.1. The lowest BCUT2D eigenvalue weighted by Gasteiger charge is -2.28. The summed E-state index contributed by atoms with van der Waals surface area (Å²) in [5.74, 6) is -5.56. The molecule has 1 aromatic heterocycles. The number of carbonyl (C=O) groups is 2. The van der Waals surface area contributed by atoms with Crippen LogP contribution in [0.2, 0.25) is 0 Å². The molecule has 2 aliphatic rings. The summed E-state index contributed by atoms with van der Waals surface area (Å²) in [6.07, 6.45) is -1.49. The zero-order valence-electron chi connectivity index (χ0n) is 21.0. The molecule has 0 aliphatic carbocycles. The van der Waals surface area contributed by atoms with Crippen LogP contribution in [0, 0.1) is 23.1 Å². The summed E-state index contributed by atoms with van der Waals surface area (Å²) in [6.45, 7) is 0.746. The second-order valence-corrected chi connectivity index (χ2v) is 10.4. The molecule has 2 N–H and O–H groups in total. The van der Waals surface area contributed by atoms with Crippen molar-refractivity contribution in [3.05, 3.63) is 95.1 Å². The van der Waals surface area contributed by atoms with Crippen LogP contribution in [0.1, 0.15) is 45.0 Å². The number of fused-ring (bicyclic) bond motifs is 1. The molecule has 40 heavy (non-hydrogen) atoms.